The van der Waals surface area contributed by atoms with Crippen LogP contribution in [0.25, 0.3) is 0 Å². The molecule has 0 aromatic heterocycles. The summed E-state index contributed by atoms with van der Waals surface area (Å²) in [6.45, 7) is 10.6. The van der Waals surface area contributed by atoms with Gasteiger partial charge in [0.15, 0.2) is 0 Å². The average molecular weight is 276 g/mol. The Morgan fingerprint density at radius 2 is 2.00 bits per heavy atom. The van der Waals surface area contributed by atoms with Crippen LogP contribution in [-0.2, 0) is 10.0 Å². The van der Waals surface area contributed by atoms with Crippen molar-refractivity contribution in [3.05, 3.63) is 0 Å². The van der Waals surface area contributed by atoms with Crippen LogP contribution in [0.4, 0.5) is 0 Å². The van der Waals surface area contributed by atoms with Gasteiger partial charge in [0.25, 0.3) is 0 Å². The standard InChI is InChI=1S/C13H28N2O2S/c1-5-9-18(16,17)15-8-6-7-12(11-15)10-14-13(2,3)4/h12,14H,5-11H2,1-4H3. The third-order valence-corrected chi connectivity index (χ3v) is 5.30. The van der Waals surface area contributed by atoms with Gasteiger partial charge in [0.2, 0.25) is 10.0 Å². The Hall–Kier alpha value is -0.130. The molecule has 0 aromatic carbocycles. The molecule has 0 radical (unpaired) electrons. The number of hydrogen-bond donors (Lipinski definition) is 1. The Morgan fingerprint density at radius 1 is 1.33 bits per heavy atom. The Balaban J connectivity index is 2.51. The summed E-state index contributed by atoms with van der Waals surface area (Å²) in [5.41, 5.74) is 0.102. The lowest BCUT2D eigenvalue weighted by atomic mass is 9.98. The van der Waals surface area contributed by atoms with Crippen LogP contribution >= 0.6 is 0 Å². The molecule has 0 aliphatic carbocycles. The molecule has 5 heteroatoms. The zero-order chi connectivity index (χ0) is 13.8. The molecule has 1 N–H and O–H groups in total. The minimum atomic E-state index is -3.01. The Morgan fingerprint density at radius 3 is 2.56 bits per heavy atom. The van der Waals surface area contributed by atoms with E-state index in [-0.39, 0.29) is 11.3 Å². The summed E-state index contributed by atoms with van der Waals surface area (Å²) in [6.07, 6.45) is 2.81. The molecule has 1 fully saturated rings. The van der Waals surface area contributed by atoms with E-state index in [2.05, 4.69) is 26.1 Å². The lowest BCUT2D eigenvalue weighted by Crippen LogP contribution is -2.46. The fourth-order valence-electron chi connectivity index (χ4n) is 2.28. The van der Waals surface area contributed by atoms with Crippen LogP contribution in [0.15, 0.2) is 0 Å². The molecule has 0 saturated carbocycles. The van der Waals surface area contributed by atoms with Crippen molar-refractivity contribution in [2.24, 2.45) is 5.92 Å². The van der Waals surface area contributed by atoms with Gasteiger partial charge in [-0.15, -0.1) is 0 Å². The summed E-state index contributed by atoms with van der Waals surface area (Å²) < 4.78 is 25.8. The van der Waals surface area contributed by atoms with Gasteiger partial charge in [-0.05, 0) is 52.5 Å². The maximum atomic E-state index is 12.0. The topological polar surface area (TPSA) is 49.4 Å². The van der Waals surface area contributed by atoms with E-state index < -0.39 is 10.0 Å². The molecular weight excluding hydrogens is 248 g/mol. The van der Waals surface area contributed by atoms with E-state index in [1.54, 1.807) is 4.31 Å². The summed E-state index contributed by atoms with van der Waals surface area (Å²) in [5, 5.41) is 3.47. The van der Waals surface area contributed by atoms with Gasteiger partial charge < -0.3 is 5.32 Å². The highest BCUT2D eigenvalue weighted by atomic mass is 32.2. The minimum Gasteiger partial charge on any atom is -0.312 e. The predicted molar refractivity (Wildman–Crippen MR) is 76.1 cm³/mol. The third-order valence-electron chi connectivity index (χ3n) is 3.26. The number of nitrogens with zero attached hydrogens (tertiary/aromatic N) is 1. The molecule has 0 amide bonds. The lowest BCUT2D eigenvalue weighted by Gasteiger charge is -2.33. The van der Waals surface area contributed by atoms with Crippen molar-refractivity contribution in [1.29, 1.82) is 0 Å². The normalized spacial score (nSPS) is 23.2. The van der Waals surface area contributed by atoms with E-state index in [4.69, 9.17) is 0 Å². The van der Waals surface area contributed by atoms with Gasteiger partial charge in [0.05, 0.1) is 5.75 Å². The molecule has 0 spiro atoms. The lowest BCUT2D eigenvalue weighted by molar-refractivity contribution is 0.245. The fourth-order valence-corrected chi connectivity index (χ4v) is 3.90. The second-order valence-corrected chi connectivity index (χ2v) is 8.40. The van der Waals surface area contributed by atoms with Crippen LogP contribution in [0.3, 0.4) is 0 Å². The maximum Gasteiger partial charge on any atom is 0.214 e. The molecule has 0 aromatic rings. The van der Waals surface area contributed by atoms with Crippen molar-refractivity contribution in [3.8, 4) is 0 Å². The predicted octanol–water partition coefficient (Wildman–Crippen LogP) is 1.83. The highest BCUT2D eigenvalue weighted by Gasteiger charge is 2.28. The summed E-state index contributed by atoms with van der Waals surface area (Å²) in [7, 11) is -3.01. The molecule has 1 aliphatic heterocycles. The second kappa shape index (κ2) is 6.35. The van der Waals surface area contributed by atoms with Crippen molar-refractivity contribution in [2.75, 3.05) is 25.4 Å². The van der Waals surface area contributed by atoms with Gasteiger partial charge >= 0.3 is 0 Å². The van der Waals surface area contributed by atoms with Crippen molar-refractivity contribution in [1.82, 2.24) is 9.62 Å². The molecule has 1 rings (SSSR count). The molecule has 1 heterocycles. The highest BCUT2D eigenvalue weighted by Crippen LogP contribution is 2.20. The maximum absolute atomic E-state index is 12.0. The largest absolute Gasteiger partial charge is 0.312 e. The Kier molecular flexibility index (Phi) is 5.62. The van der Waals surface area contributed by atoms with E-state index in [1.165, 1.54) is 0 Å². The first-order valence-corrected chi connectivity index (χ1v) is 8.58. The van der Waals surface area contributed by atoms with Gasteiger partial charge in [-0.25, -0.2) is 12.7 Å². The van der Waals surface area contributed by atoms with E-state index in [9.17, 15) is 8.42 Å². The summed E-state index contributed by atoms with van der Waals surface area (Å²) >= 11 is 0. The molecule has 18 heavy (non-hydrogen) atoms. The molecule has 1 saturated heterocycles. The zero-order valence-corrected chi connectivity index (χ0v) is 13.0. The van der Waals surface area contributed by atoms with Crippen molar-refractivity contribution >= 4 is 10.0 Å². The van der Waals surface area contributed by atoms with E-state index in [0.717, 1.165) is 19.4 Å². The first kappa shape index (κ1) is 15.9. The average Bonchev–Trinajstić information content (AvgIpc) is 2.26. The third kappa shape index (κ3) is 5.24. The summed E-state index contributed by atoms with van der Waals surface area (Å²) in [5.74, 6) is 0.733. The SMILES string of the molecule is CCCS(=O)(=O)N1CCCC(CNC(C)(C)C)C1. The molecule has 1 aliphatic rings. The smallest absolute Gasteiger partial charge is 0.214 e. The van der Waals surface area contributed by atoms with Crippen LogP contribution in [0.5, 0.6) is 0 Å². The minimum absolute atomic E-state index is 0.102. The van der Waals surface area contributed by atoms with Crippen LogP contribution in [0.1, 0.15) is 47.0 Å². The number of nitrogens with one attached hydrogen (secondary N) is 1. The van der Waals surface area contributed by atoms with E-state index in [1.807, 2.05) is 6.92 Å². The monoisotopic (exact) mass is 276 g/mol. The number of sulfonamides is 1. The fraction of sp³-hybridized carbons (Fsp3) is 1.00. The van der Waals surface area contributed by atoms with Crippen LogP contribution in [-0.4, -0.2) is 43.6 Å². The van der Waals surface area contributed by atoms with Crippen LogP contribution < -0.4 is 5.32 Å². The van der Waals surface area contributed by atoms with Gasteiger partial charge in [0.1, 0.15) is 0 Å². The van der Waals surface area contributed by atoms with E-state index in [0.29, 0.717) is 25.4 Å². The molecule has 108 valence electrons. The van der Waals surface area contributed by atoms with Crippen LogP contribution in [0, 0.1) is 5.92 Å². The molecule has 1 atom stereocenters. The molecule has 0 bridgehead atoms. The number of piperidine rings is 1. The molecular formula is C13H28N2O2S. The van der Waals surface area contributed by atoms with Gasteiger partial charge in [-0.3, -0.25) is 0 Å². The highest BCUT2D eigenvalue weighted by molar-refractivity contribution is 7.89. The Labute approximate surface area is 112 Å². The Bertz CT molecular complexity index is 346. The van der Waals surface area contributed by atoms with Crippen LogP contribution in [0.2, 0.25) is 0 Å². The van der Waals surface area contributed by atoms with Gasteiger partial charge in [-0.2, -0.15) is 0 Å². The van der Waals surface area contributed by atoms with Crippen molar-refractivity contribution in [2.45, 2.75) is 52.5 Å². The number of rotatable bonds is 5. The van der Waals surface area contributed by atoms with E-state index >= 15 is 0 Å². The first-order chi connectivity index (χ1) is 8.24. The van der Waals surface area contributed by atoms with Gasteiger partial charge in [-0.1, -0.05) is 6.92 Å². The quantitative estimate of drug-likeness (QED) is 0.833. The molecule has 4 nitrogen and oxygen atoms in total. The second-order valence-electron chi connectivity index (χ2n) is 6.31. The molecule has 1 unspecified atom stereocenters. The van der Waals surface area contributed by atoms with Crippen molar-refractivity contribution < 1.29 is 8.42 Å². The summed E-state index contributed by atoms with van der Waals surface area (Å²) in [6, 6.07) is 0. The first-order valence-electron chi connectivity index (χ1n) is 6.97. The van der Waals surface area contributed by atoms with Crippen molar-refractivity contribution in [3.63, 3.8) is 0 Å². The zero-order valence-electron chi connectivity index (χ0n) is 12.2. The number of hydrogen-bond acceptors (Lipinski definition) is 3. The summed E-state index contributed by atoms with van der Waals surface area (Å²) in [4.78, 5) is 0. The van der Waals surface area contributed by atoms with Gasteiger partial charge in [0, 0.05) is 18.6 Å².